The fraction of sp³-hybridized carbons (Fsp3) is 0.280. The maximum Gasteiger partial charge on any atom is 0.0540 e. The second kappa shape index (κ2) is 10.8. The van der Waals surface area contributed by atoms with Gasteiger partial charge in [0.1, 0.15) is 0 Å². The van der Waals surface area contributed by atoms with Gasteiger partial charge in [0.15, 0.2) is 0 Å². The van der Waals surface area contributed by atoms with Gasteiger partial charge in [-0.3, -0.25) is 0 Å². The van der Waals surface area contributed by atoms with Gasteiger partial charge in [-0.2, -0.15) is 0 Å². The van der Waals surface area contributed by atoms with Gasteiger partial charge in [0.2, 0.25) is 0 Å². The molecule has 3 unspecified atom stereocenters. The molecule has 1 heteroatoms. The third kappa shape index (κ3) is 4.33. The highest BCUT2D eigenvalue weighted by atomic mass is 15.1. The summed E-state index contributed by atoms with van der Waals surface area (Å²) in [6.45, 7) is 11.7. The normalized spacial score (nSPS) is 21.7. The zero-order chi connectivity index (χ0) is 34.7. The first kappa shape index (κ1) is 30.9. The van der Waals surface area contributed by atoms with Crippen LogP contribution in [0.3, 0.4) is 0 Å². The lowest BCUT2D eigenvalue weighted by Crippen LogP contribution is -2.32. The topological polar surface area (TPSA) is 3.24 Å². The monoisotopic (exact) mass is 661 g/mol. The van der Waals surface area contributed by atoms with E-state index in [-0.39, 0.29) is 16.2 Å². The van der Waals surface area contributed by atoms with E-state index in [1.807, 2.05) is 0 Å². The van der Waals surface area contributed by atoms with Crippen LogP contribution in [0.1, 0.15) is 88.1 Å². The molecule has 6 aromatic carbocycles. The van der Waals surface area contributed by atoms with Crippen LogP contribution in [0.25, 0.3) is 33.4 Å². The second-order valence-electron chi connectivity index (χ2n) is 17.4. The lowest BCUT2D eigenvalue weighted by molar-refractivity contribution is 0.327. The Kier molecular flexibility index (Phi) is 6.55. The van der Waals surface area contributed by atoms with Gasteiger partial charge in [0.05, 0.1) is 5.69 Å². The molecule has 4 aliphatic carbocycles. The van der Waals surface area contributed by atoms with E-state index in [1.165, 1.54) is 92.8 Å². The summed E-state index contributed by atoms with van der Waals surface area (Å²) in [5.41, 5.74) is 19.3. The van der Waals surface area contributed by atoms with E-state index < -0.39 is 0 Å². The number of anilines is 3. The van der Waals surface area contributed by atoms with Crippen molar-refractivity contribution in [3.05, 3.63) is 161 Å². The standard InChI is InChI=1S/C50H47N/c1-48(2,3)33-23-25-35(26-24-33)51(36-27-28-39-37-13-7-10-19-44(37)50(45(39)30-36)31-32-21-22-34(50)29-32)46-20-11-8-15-40(46)42-17-12-16-41-38-14-6-9-18-43(38)49(4,5)47(41)42/h6-20,23-28,30,32,34H,21-22,29,31H2,1-5H3. The quantitative estimate of drug-likeness (QED) is 0.182. The first-order chi connectivity index (χ1) is 24.7. The van der Waals surface area contributed by atoms with Gasteiger partial charge in [0, 0.05) is 27.8 Å². The fourth-order valence-electron chi connectivity index (χ4n) is 11.0. The van der Waals surface area contributed by atoms with Crippen molar-refractivity contribution in [2.24, 2.45) is 11.8 Å². The van der Waals surface area contributed by atoms with Crippen molar-refractivity contribution in [2.75, 3.05) is 4.90 Å². The molecule has 2 bridgehead atoms. The maximum atomic E-state index is 2.60. The van der Waals surface area contributed by atoms with Gasteiger partial charge in [-0.25, -0.2) is 0 Å². The lowest BCUT2D eigenvalue weighted by Gasteiger charge is -2.37. The number of rotatable bonds is 4. The molecule has 0 amide bonds. The van der Waals surface area contributed by atoms with E-state index in [9.17, 15) is 0 Å². The summed E-state index contributed by atoms with van der Waals surface area (Å²) in [6, 6.07) is 51.2. The lowest BCUT2D eigenvalue weighted by atomic mass is 9.67. The van der Waals surface area contributed by atoms with Crippen molar-refractivity contribution in [3.8, 4) is 33.4 Å². The molecule has 51 heavy (non-hydrogen) atoms. The van der Waals surface area contributed by atoms with Gasteiger partial charge in [-0.05, 0) is 122 Å². The SMILES string of the molecule is CC(C)(C)c1ccc(N(c2ccc3c(c2)C2(CC4CCC2C4)c2ccccc2-3)c2ccccc2-c2cccc3c2C(C)(C)c2ccccc2-3)cc1. The zero-order valence-electron chi connectivity index (χ0n) is 30.6. The summed E-state index contributed by atoms with van der Waals surface area (Å²) in [5, 5.41) is 0. The van der Waals surface area contributed by atoms with Gasteiger partial charge < -0.3 is 4.90 Å². The predicted octanol–water partition coefficient (Wildman–Crippen LogP) is 13.5. The molecule has 1 nitrogen and oxygen atoms in total. The number of hydrogen-bond donors (Lipinski definition) is 0. The number of benzene rings is 6. The molecule has 3 atom stereocenters. The van der Waals surface area contributed by atoms with E-state index in [4.69, 9.17) is 0 Å². The average molecular weight is 662 g/mol. The van der Waals surface area contributed by atoms with Crippen molar-refractivity contribution in [2.45, 2.75) is 76.5 Å². The van der Waals surface area contributed by atoms with E-state index in [0.29, 0.717) is 0 Å². The number of para-hydroxylation sites is 1. The number of hydrogen-bond acceptors (Lipinski definition) is 1. The van der Waals surface area contributed by atoms with Crippen LogP contribution >= 0.6 is 0 Å². The molecule has 0 radical (unpaired) electrons. The van der Waals surface area contributed by atoms with Crippen molar-refractivity contribution in [3.63, 3.8) is 0 Å². The fourth-order valence-corrected chi connectivity index (χ4v) is 11.0. The van der Waals surface area contributed by atoms with Crippen molar-refractivity contribution in [1.29, 1.82) is 0 Å². The Morgan fingerprint density at radius 3 is 1.82 bits per heavy atom. The molecule has 0 aromatic heterocycles. The van der Waals surface area contributed by atoms with Crippen LogP contribution in [0.4, 0.5) is 17.1 Å². The Morgan fingerprint density at radius 2 is 1.14 bits per heavy atom. The van der Waals surface area contributed by atoms with E-state index in [0.717, 1.165) is 11.8 Å². The molecular formula is C50H47N. The summed E-state index contributed by atoms with van der Waals surface area (Å²) in [4.78, 5) is 2.56. The molecule has 0 aliphatic heterocycles. The van der Waals surface area contributed by atoms with Crippen LogP contribution in [-0.4, -0.2) is 0 Å². The highest BCUT2D eigenvalue weighted by molar-refractivity contribution is 5.95. The molecule has 0 N–H and O–H groups in total. The molecule has 0 saturated heterocycles. The Hall–Kier alpha value is -4.88. The van der Waals surface area contributed by atoms with Crippen LogP contribution in [0.2, 0.25) is 0 Å². The molecule has 2 saturated carbocycles. The minimum Gasteiger partial charge on any atom is -0.310 e. The minimum absolute atomic E-state index is 0.0833. The third-order valence-electron chi connectivity index (χ3n) is 13.3. The van der Waals surface area contributed by atoms with Crippen LogP contribution in [0, 0.1) is 11.8 Å². The molecule has 1 spiro atoms. The van der Waals surface area contributed by atoms with Crippen molar-refractivity contribution >= 4 is 17.1 Å². The van der Waals surface area contributed by atoms with E-state index in [1.54, 1.807) is 11.1 Å². The van der Waals surface area contributed by atoms with Gasteiger partial charge in [-0.15, -0.1) is 0 Å². The number of fused-ring (bicyclic) bond motifs is 11. The van der Waals surface area contributed by atoms with Crippen molar-refractivity contribution in [1.82, 2.24) is 0 Å². The minimum atomic E-state index is -0.109. The molecule has 10 rings (SSSR count). The summed E-state index contributed by atoms with van der Waals surface area (Å²) in [6.07, 6.45) is 5.40. The van der Waals surface area contributed by atoms with Crippen LogP contribution in [-0.2, 0) is 16.2 Å². The highest BCUT2D eigenvalue weighted by Crippen LogP contribution is 2.66. The maximum absolute atomic E-state index is 2.60. The van der Waals surface area contributed by atoms with E-state index in [2.05, 4.69) is 173 Å². The Morgan fingerprint density at radius 1 is 0.549 bits per heavy atom. The van der Waals surface area contributed by atoms with Gasteiger partial charge in [-0.1, -0.05) is 144 Å². The highest BCUT2D eigenvalue weighted by Gasteiger charge is 2.56. The van der Waals surface area contributed by atoms with Crippen LogP contribution in [0.5, 0.6) is 0 Å². The van der Waals surface area contributed by atoms with Crippen molar-refractivity contribution < 1.29 is 0 Å². The molecule has 4 aliphatic rings. The van der Waals surface area contributed by atoms with Crippen LogP contribution < -0.4 is 4.90 Å². The average Bonchev–Trinajstić information content (AvgIpc) is 3.89. The molecule has 252 valence electrons. The molecular weight excluding hydrogens is 615 g/mol. The van der Waals surface area contributed by atoms with Gasteiger partial charge >= 0.3 is 0 Å². The van der Waals surface area contributed by atoms with Crippen LogP contribution in [0.15, 0.2) is 133 Å². The molecule has 0 heterocycles. The Balaban J connectivity index is 1.20. The smallest absolute Gasteiger partial charge is 0.0540 e. The molecule has 2 fully saturated rings. The number of nitrogens with zero attached hydrogens (tertiary/aromatic N) is 1. The molecule has 6 aromatic rings. The summed E-state index contributed by atoms with van der Waals surface area (Å²) >= 11 is 0. The van der Waals surface area contributed by atoms with E-state index >= 15 is 0 Å². The zero-order valence-corrected chi connectivity index (χ0v) is 30.6. The second-order valence-corrected chi connectivity index (χ2v) is 17.4. The summed E-state index contributed by atoms with van der Waals surface area (Å²) in [5.74, 6) is 1.56. The predicted molar refractivity (Wildman–Crippen MR) is 214 cm³/mol. The summed E-state index contributed by atoms with van der Waals surface area (Å²) in [7, 11) is 0. The Bertz CT molecular complexity index is 2350. The third-order valence-corrected chi connectivity index (χ3v) is 13.3. The largest absolute Gasteiger partial charge is 0.310 e. The first-order valence-corrected chi connectivity index (χ1v) is 19.1. The van der Waals surface area contributed by atoms with Gasteiger partial charge in [0.25, 0.3) is 0 Å². The Labute approximate surface area is 304 Å². The summed E-state index contributed by atoms with van der Waals surface area (Å²) < 4.78 is 0. The first-order valence-electron chi connectivity index (χ1n) is 19.1.